The van der Waals surface area contributed by atoms with Crippen LogP contribution in [0.5, 0.6) is 0 Å². The molecule has 0 saturated heterocycles. The number of anilines is 1. The molecule has 2 N–H and O–H groups in total. The Morgan fingerprint density at radius 1 is 1.42 bits per heavy atom. The maximum Gasteiger partial charge on any atom is 0.320 e. The molecule has 0 aliphatic rings. The first-order valence-electron chi connectivity index (χ1n) is 7.95. The maximum atomic E-state index is 13.6. The molecular weight excluding hydrogens is 375 g/mol. The van der Waals surface area contributed by atoms with E-state index in [0.717, 1.165) is 16.6 Å². The smallest absolute Gasteiger partial charge is 0.320 e. The molecular formula is C17H22BrFN4O. The van der Waals surface area contributed by atoms with Crippen LogP contribution in [-0.4, -0.2) is 22.4 Å². The lowest BCUT2D eigenvalue weighted by Gasteiger charge is -2.11. The second kappa shape index (κ2) is 8.28. The molecule has 1 aromatic carbocycles. The molecule has 1 unspecified atom stereocenters. The largest absolute Gasteiger partial charge is 0.337 e. The van der Waals surface area contributed by atoms with Gasteiger partial charge in [0, 0.05) is 28.8 Å². The predicted octanol–water partition coefficient (Wildman–Crippen LogP) is 4.43. The lowest BCUT2D eigenvalue weighted by Crippen LogP contribution is -2.30. The van der Waals surface area contributed by atoms with Crippen molar-refractivity contribution in [3.8, 4) is 0 Å². The average molecular weight is 397 g/mol. The van der Waals surface area contributed by atoms with Crippen molar-refractivity contribution in [2.45, 2.75) is 39.7 Å². The van der Waals surface area contributed by atoms with Gasteiger partial charge in [-0.2, -0.15) is 5.10 Å². The van der Waals surface area contributed by atoms with E-state index in [4.69, 9.17) is 0 Å². The Bertz CT molecular complexity index is 717. The summed E-state index contributed by atoms with van der Waals surface area (Å²) in [6.07, 6.45) is 1.38. The van der Waals surface area contributed by atoms with E-state index in [1.165, 1.54) is 6.07 Å². The van der Waals surface area contributed by atoms with Crippen LogP contribution in [0.25, 0.3) is 0 Å². The number of carbonyl (C=O) groups is 1. The second-order valence-electron chi connectivity index (χ2n) is 5.74. The minimum Gasteiger partial charge on any atom is -0.337 e. The first kappa shape index (κ1) is 18.4. The van der Waals surface area contributed by atoms with Gasteiger partial charge in [0.05, 0.1) is 0 Å². The molecule has 0 radical (unpaired) electrons. The van der Waals surface area contributed by atoms with Crippen LogP contribution in [0.3, 0.4) is 0 Å². The molecule has 0 spiro atoms. The van der Waals surface area contributed by atoms with Gasteiger partial charge in [0.25, 0.3) is 0 Å². The van der Waals surface area contributed by atoms with Crippen LogP contribution >= 0.6 is 15.9 Å². The minimum atomic E-state index is -0.348. The predicted molar refractivity (Wildman–Crippen MR) is 96.8 cm³/mol. The van der Waals surface area contributed by atoms with Crippen molar-refractivity contribution in [1.29, 1.82) is 0 Å². The Kier molecular flexibility index (Phi) is 6.36. The molecule has 0 fully saturated rings. The number of amides is 2. The monoisotopic (exact) mass is 396 g/mol. The summed E-state index contributed by atoms with van der Waals surface area (Å²) in [5.74, 6) is 0.238. The van der Waals surface area contributed by atoms with Gasteiger partial charge in [0.15, 0.2) is 5.82 Å². The normalized spacial score (nSPS) is 12.0. The van der Waals surface area contributed by atoms with E-state index in [2.05, 4.69) is 45.5 Å². The van der Waals surface area contributed by atoms with E-state index < -0.39 is 0 Å². The number of halogens is 2. The number of urea groups is 1. The van der Waals surface area contributed by atoms with Crippen LogP contribution in [0, 0.1) is 12.7 Å². The highest BCUT2D eigenvalue weighted by molar-refractivity contribution is 9.10. The molecule has 7 heteroatoms. The highest BCUT2D eigenvalue weighted by Gasteiger charge is 2.11. The van der Waals surface area contributed by atoms with Gasteiger partial charge in [-0.05, 0) is 50.5 Å². The number of nitrogens with zero attached hydrogens (tertiary/aromatic N) is 2. The van der Waals surface area contributed by atoms with E-state index >= 15 is 0 Å². The SMILES string of the molecule is CCC(C)n1nc(NC(=O)NCCc2cc(Br)ccc2F)cc1C. The van der Waals surface area contributed by atoms with Gasteiger partial charge in [-0.15, -0.1) is 0 Å². The van der Waals surface area contributed by atoms with Gasteiger partial charge in [0.1, 0.15) is 5.82 Å². The fourth-order valence-corrected chi connectivity index (χ4v) is 2.78. The first-order valence-corrected chi connectivity index (χ1v) is 8.75. The van der Waals surface area contributed by atoms with Gasteiger partial charge >= 0.3 is 6.03 Å². The fourth-order valence-electron chi connectivity index (χ4n) is 2.37. The van der Waals surface area contributed by atoms with Crippen LogP contribution in [0.1, 0.15) is 37.6 Å². The molecule has 2 amide bonds. The van der Waals surface area contributed by atoms with Crippen molar-refractivity contribution in [2.24, 2.45) is 0 Å². The van der Waals surface area contributed by atoms with Crippen molar-refractivity contribution in [2.75, 3.05) is 11.9 Å². The summed E-state index contributed by atoms with van der Waals surface area (Å²) in [4.78, 5) is 11.9. The minimum absolute atomic E-state index is 0.275. The zero-order valence-corrected chi connectivity index (χ0v) is 15.7. The zero-order valence-electron chi connectivity index (χ0n) is 14.1. The summed E-state index contributed by atoms with van der Waals surface area (Å²) < 4.78 is 16.3. The summed E-state index contributed by atoms with van der Waals surface area (Å²) in [5.41, 5.74) is 1.55. The van der Waals surface area contributed by atoms with E-state index in [1.54, 1.807) is 12.1 Å². The van der Waals surface area contributed by atoms with Crippen molar-refractivity contribution in [3.63, 3.8) is 0 Å². The quantitative estimate of drug-likeness (QED) is 0.758. The van der Waals surface area contributed by atoms with Crippen molar-refractivity contribution in [3.05, 3.63) is 45.8 Å². The van der Waals surface area contributed by atoms with E-state index in [1.807, 2.05) is 17.7 Å². The summed E-state index contributed by atoms with van der Waals surface area (Å²) >= 11 is 3.31. The number of aromatic nitrogens is 2. The van der Waals surface area contributed by atoms with Gasteiger partial charge in [-0.25, -0.2) is 9.18 Å². The Hall–Kier alpha value is -1.89. The number of benzene rings is 1. The Labute approximate surface area is 149 Å². The van der Waals surface area contributed by atoms with Crippen LogP contribution in [-0.2, 0) is 6.42 Å². The van der Waals surface area contributed by atoms with Gasteiger partial charge in [-0.1, -0.05) is 22.9 Å². The zero-order chi connectivity index (χ0) is 17.7. The molecule has 5 nitrogen and oxygen atoms in total. The van der Waals surface area contributed by atoms with Gasteiger partial charge in [-0.3, -0.25) is 10.00 Å². The van der Waals surface area contributed by atoms with E-state index in [9.17, 15) is 9.18 Å². The highest BCUT2D eigenvalue weighted by Crippen LogP contribution is 2.17. The van der Waals surface area contributed by atoms with Crippen molar-refractivity contribution < 1.29 is 9.18 Å². The third-order valence-electron chi connectivity index (χ3n) is 3.86. The molecule has 0 saturated carbocycles. The standard InChI is InChI=1S/C17H22BrFN4O/c1-4-11(2)23-12(3)9-16(22-23)21-17(24)20-8-7-13-10-14(18)5-6-15(13)19/h5-6,9-11H,4,7-8H2,1-3H3,(H2,20,21,22,24). The third-order valence-corrected chi connectivity index (χ3v) is 4.35. The fraction of sp³-hybridized carbons (Fsp3) is 0.412. The molecule has 1 aromatic heterocycles. The van der Waals surface area contributed by atoms with E-state index in [-0.39, 0.29) is 17.9 Å². The maximum absolute atomic E-state index is 13.6. The lowest BCUT2D eigenvalue weighted by molar-refractivity contribution is 0.252. The molecule has 1 atom stereocenters. The van der Waals surface area contributed by atoms with E-state index in [0.29, 0.717) is 24.3 Å². The first-order chi connectivity index (χ1) is 11.4. The molecule has 2 aromatic rings. The molecule has 0 bridgehead atoms. The molecule has 0 aliphatic carbocycles. The number of hydrogen-bond acceptors (Lipinski definition) is 2. The van der Waals surface area contributed by atoms with Crippen LogP contribution in [0.2, 0.25) is 0 Å². The second-order valence-corrected chi connectivity index (χ2v) is 6.66. The van der Waals surface area contributed by atoms with Gasteiger partial charge in [0.2, 0.25) is 0 Å². The Morgan fingerprint density at radius 3 is 2.88 bits per heavy atom. The number of carbonyl (C=O) groups excluding carboxylic acids is 1. The van der Waals surface area contributed by atoms with Crippen LogP contribution in [0.15, 0.2) is 28.7 Å². The lowest BCUT2D eigenvalue weighted by atomic mass is 10.1. The number of nitrogens with one attached hydrogen (secondary N) is 2. The third kappa shape index (κ3) is 4.80. The number of hydrogen-bond donors (Lipinski definition) is 2. The number of aryl methyl sites for hydroxylation is 1. The molecule has 1 heterocycles. The molecule has 2 rings (SSSR count). The Morgan fingerprint density at radius 2 is 2.17 bits per heavy atom. The molecule has 0 aliphatic heterocycles. The molecule has 130 valence electrons. The van der Waals surface area contributed by atoms with Crippen molar-refractivity contribution >= 4 is 27.8 Å². The van der Waals surface area contributed by atoms with Crippen LogP contribution in [0.4, 0.5) is 15.0 Å². The summed E-state index contributed by atoms with van der Waals surface area (Å²) in [7, 11) is 0. The topological polar surface area (TPSA) is 59.0 Å². The average Bonchev–Trinajstić information content (AvgIpc) is 2.90. The van der Waals surface area contributed by atoms with Gasteiger partial charge < -0.3 is 5.32 Å². The summed E-state index contributed by atoms with van der Waals surface area (Å²) in [6, 6.07) is 6.53. The summed E-state index contributed by atoms with van der Waals surface area (Å²) in [6.45, 7) is 6.46. The Balaban J connectivity index is 1.86. The summed E-state index contributed by atoms with van der Waals surface area (Å²) in [5, 5.41) is 9.82. The van der Waals surface area contributed by atoms with Crippen molar-refractivity contribution in [1.82, 2.24) is 15.1 Å². The van der Waals surface area contributed by atoms with Crippen LogP contribution < -0.4 is 10.6 Å². The highest BCUT2D eigenvalue weighted by atomic mass is 79.9. The molecule has 24 heavy (non-hydrogen) atoms. The number of rotatable bonds is 6.